The van der Waals surface area contributed by atoms with Gasteiger partial charge in [-0.3, -0.25) is 4.99 Å². The van der Waals surface area contributed by atoms with Crippen LogP contribution in [0.4, 0.5) is 0 Å². The molecule has 23 heavy (non-hydrogen) atoms. The molecule has 5 nitrogen and oxygen atoms in total. The first-order chi connectivity index (χ1) is 11.2. The number of nitrogens with one attached hydrogen (secondary N) is 2. The number of aryl methyl sites for hydroxylation is 1. The van der Waals surface area contributed by atoms with Crippen LogP contribution in [0, 0.1) is 0 Å². The Morgan fingerprint density at radius 1 is 1.39 bits per heavy atom. The minimum absolute atomic E-state index is 0.197. The van der Waals surface area contributed by atoms with E-state index in [9.17, 15) is 0 Å². The summed E-state index contributed by atoms with van der Waals surface area (Å²) in [6, 6.07) is 8.69. The van der Waals surface area contributed by atoms with Gasteiger partial charge in [0.2, 0.25) is 0 Å². The SMILES string of the molecule is CCc1ccccc1CNC(=NC)NC(C)COC1CCOC1. The van der Waals surface area contributed by atoms with Crippen molar-refractivity contribution >= 4 is 5.96 Å². The van der Waals surface area contributed by atoms with E-state index in [4.69, 9.17) is 9.47 Å². The highest BCUT2D eigenvalue weighted by Gasteiger charge is 2.17. The van der Waals surface area contributed by atoms with Crippen molar-refractivity contribution < 1.29 is 9.47 Å². The fourth-order valence-corrected chi connectivity index (χ4v) is 2.65. The Morgan fingerprint density at radius 2 is 2.17 bits per heavy atom. The molecule has 1 heterocycles. The first kappa shape index (κ1) is 17.8. The summed E-state index contributed by atoms with van der Waals surface area (Å²) in [4.78, 5) is 4.29. The van der Waals surface area contributed by atoms with E-state index in [1.807, 2.05) is 0 Å². The second-order valence-corrected chi connectivity index (χ2v) is 5.91. The molecule has 2 rings (SSSR count). The van der Waals surface area contributed by atoms with Crippen molar-refractivity contribution in [3.8, 4) is 0 Å². The van der Waals surface area contributed by atoms with Crippen LogP contribution in [0.15, 0.2) is 29.3 Å². The average molecular weight is 319 g/mol. The van der Waals surface area contributed by atoms with E-state index in [2.05, 4.69) is 53.7 Å². The second-order valence-electron chi connectivity index (χ2n) is 5.91. The van der Waals surface area contributed by atoms with Crippen LogP contribution < -0.4 is 10.6 Å². The number of hydrogen-bond acceptors (Lipinski definition) is 3. The third kappa shape index (κ3) is 5.84. The van der Waals surface area contributed by atoms with Gasteiger partial charge in [0.15, 0.2) is 5.96 Å². The minimum Gasteiger partial charge on any atom is -0.379 e. The van der Waals surface area contributed by atoms with Crippen LogP contribution in [0.2, 0.25) is 0 Å². The summed E-state index contributed by atoms with van der Waals surface area (Å²) in [5.41, 5.74) is 2.68. The smallest absolute Gasteiger partial charge is 0.191 e. The van der Waals surface area contributed by atoms with Crippen molar-refractivity contribution in [1.29, 1.82) is 0 Å². The molecule has 0 bridgehead atoms. The highest BCUT2D eigenvalue weighted by molar-refractivity contribution is 5.79. The van der Waals surface area contributed by atoms with Gasteiger partial charge < -0.3 is 20.1 Å². The first-order valence-electron chi connectivity index (χ1n) is 8.46. The first-order valence-corrected chi connectivity index (χ1v) is 8.46. The molecular weight excluding hydrogens is 290 g/mol. The fraction of sp³-hybridized carbons (Fsp3) is 0.611. The topological polar surface area (TPSA) is 54.9 Å². The van der Waals surface area contributed by atoms with E-state index < -0.39 is 0 Å². The number of guanidine groups is 1. The molecular formula is C18H29N3O2. The Labute approximate surface area is 139 Å². The molecule has 0 aliphatic carbocycles. The average Bonchev–Trinajstić information content (AvgIpc) is 3.10. The van der Waals surface area contributed by atoms with E-state index in [1.54, 1.807) is 7.05 Å². The zero-order chi connectivity index (χ0) is 16.5. The summed E-state index contributed by atoms with van der Waals surface area (Å²) in [7, 11) is 1.79. The lowest BCUT2D eigenvalue weighted by molar-refractivity contribution is 0.0347. The summed E-state index contributed by atoms with van der Waals surface area (Å²) < 4.78 is 11.2. The molecule has 1 aliphatic heterocycles. The molecule has 0 spiro atoms. The molecule has 1 saturated heterocycles. The lowest BCUT2D eigenvalue weighted by atomic mass is 10.1. The molecule has 0 aromatic heterocycles. The zero-order valence-electron chi connectivity index (χ0n) is 14.5. The molecule has 2 unspecified atom stereocenters. The van der Waals surface area contributed by atoms with Gasteiger partial charge in [-0.15, -0.1) is 0 Å². The second kappa shape index (κ2) is 9.53. The summed E-state index contributed by atoms with van der Waals surface area (Å²) >= 11 is 0. The maximum atomic E-state index is 5.84. The molecule has 5 heteroatoms. The van der Waals surface area contributed by atoms with Crippen LogP contribution in [0.5, 0.6) is 0 Å². The molecule has 0 amide bonds. The normalized spacial score (nSPS) is 19.6. The van der Waals surface area contributed by atoms with Crippen LogP contribution in [-0.2, 0) is 22.4 Å². The van der Waals surface area contributed by atoms with Gasteiger partial charge >= 0.3 is 0 Å². The van der Waals surface area contributed by atoms with Crippen molar-refractivity contribution in [3.05, 3.63) is 35.4 Å². The number of ether oxygens (including phenoxy) is 2. The highest BCUT2D eigenvalue weighted by Crippen LogP contribution is 2.09. The summed E-state index contributed by atoms with van der Waals surface area (Å²) in [5.74, 6) is 0.801. The molecule has 1 aromatic rings. The largest absolute Gasteiger partial charge is 0.379 e. The Bertz CT molecular complexity index is 499. The molecule has 1 fully saturated rings. The molecule has 2 atom stereocenters. The van der Waals surface area contributed by atoms with Crippen molar-refractivity contribution in [2.45, 2.75) is 45.4 Å². The van der Waals surface area contributed by atoms with Gasteiger partial charge in [0.05, 0.1) is 19.3 Å². The molecule has 0 radical (unpaired) electrons. The number of aliphatic imine (C=N–C) groups is 1. The molecule has 128 valence electrons. The van der Waals surface area contributed by atoms with E-state index in [0.717, 1.165) is 32.0 Å². The van der Waals surface area contributed by atoms with Crippen LogP contribution in [0.25, 0.3) is 0 Å². The summed E-state index contributed by atoms with van der Waals surface area (Å²) in [6.45, 7) is 7.23. The van der Waals surface area contributed by atoms with Crippen molar-refractivity contribution in [3.63, 3.8) is 0 Å². The maximum absolute atomic E-state index is 5.84. The predicted molar refractivity (Wildman–Crippen MR) is 93.8 cm³/mol. The summed E-state index contributed by atoms with van der Waals surface area (Å²) in [5, 5.41) is 6.75. The van der Waals surface area contributed by atoms with E-state index in [1.165, 1.54) is 11.1 Å². The van der Waals surface area contributed by atoms with Crippen molar-refractivity contribution in [1.82, 2.24) is 10.6 Å². The maximum Gasteiger partial charge on any atom is 0.191 e. The lowest BCUT2D eigenvalue weighted by Gasteiger charge is -2.20. The summed E-state index contributed by atoms with van der Waals surface area (Å²) in [6.07, 6.45) is 2.27. The minimum atomic E-state index is 0.197. The van der Waals surface area contributed by atoms with Crippen LogP contribution >= 0.6 is 0 Å². The van der Waals surface area contributed by atoms with Crippen molar-refractivity contribution in [2.75, 3.05) is 26.9 Å². The quantitative estimate of drug-likeness (QED) is 0.597. The van der Waals surface area contributed by atoms with Gasteiger partial charge in [-0.05, 0) is 30.9 Å². The number of benzene rings is 1. The van der Waals surface area contributed by atoms with Crippen LogP contribution in [0.1, 0.15) is 31.4 Å². The predicted octanol–water partition coefficient (Wildman–Crippen LogP) is 2.11. The van der Waals surface area contributed by atoms with Gasteiger partial charge in [0.1, 0.15) is 0 Å². The van der Waals surface area contributed by atoms with E-state index in [0.29, 0.717) is 13.2 Å². The monoisotopic (exact) mass is 319 g/mol. The number of nitrogens with zero attached hydrogens (tertiary/aromatic N) is 1. The Morgan fingerprint density at radius 3 is 2.83 bits per heavy atom. The van der Waals surface area contributed by atoms with Crippen LogP contribution in [-0.4, -0.2) is 45.0 Å². The number of hydrogen-bond donors (Lipinski definition) is 2. The Kier molecular flexibility index (Phi) is 7.36. The van der Waals surface area contributed by atoms with Crippen LogP contribution in [0.3, 0.4) is 0 Å². The highest BCUT2D eigenvalue weighted by atomic mass is 16.5. The molecule has 1 aliphatic rings. The Hall–Kier alpha value is -1.59. The van der Waals surface area contributed by atoms with Gasteiger partial charge in [0, 0.05) is 26.2 Å². The van der Waals surface area contributed by atoms with Gasteiger partial charge in [-0.2, -0.15) is 0 Å². The van der Waals surface area contributed by atoms with E-state index in [-0.39, 0.29) is 12.1 Å². The third-order valence-corrected chi connectivity index (χ3v) is 4.02. The molecule has 0 saturated carbocycles. The molecule has 2 N–H and O–H groups in total. The van der Waals surface area contributed by atoms with E-state index >= 15 is 0 Å². The van der Waals surface area contributed by atoms with Gasteiger partial charge in [-0.25, -0.2) is 0 Å². The zero-order valence-corrected chi connectivity index (χ0v) is 14.5. The third-order valence-electron chi connectivity index (χ3n) is 4.02. The van der Waals surface area contributed by atoms with Gasteiger partial charge in [0.25, 0.3) is 0 Å². The molecule has 1 aromatic carbocycles. The number of rotatable bonds is 7. The fourth-order valence-electron chi connectivity index (χ4n) is 2.65. The lowest BCUT2D eigenvalue weighted by Crippen LogP contribution is -2.44. The standard InChI is InChI=1S/C18H29N3O2/c1-4-15-7-5-6-8-16(15)11-20-18(19-3)21-14(2)12-23-17-9-10-22-13-17/h5-8,14,17H,4,9-13H2,1-3H3,(H2,19,20,21). The van der Waals surface area contributed by atoms with Gasteiger partial charge in [-0.1, -0.05) is 31.2 Å². The Balaban J connectivity index is 1.76. The van der Waals surface area contributed by atoms with Crippen molar-refractivity contribution in [2.24, 2.45) is 4.99 Å².